The fraction of sp³-hybridized carbons (Fsp3) is 0.500. The minimum atomic E-state index is 0.110. The fourth-order valence-electron chi connectivity index (χ4n) is 0.420. The van der Waals surface area contributed by atoms with Gasteiger partial charge in [0, 0.05) is 0 Å². The van der Waals surface area contributed by atoms with Gasteiger partial charge in [0.25, 0.3) is 0 Å². The van der Waals surface area contributed by atoms with Gasteiger partial charge >= 0.3 is 5.35 Å². The number of aromatic nitrogens is 2. The van der Waals surface area contributed by atoms with E-state index in [1.807, 2.05) is 6.26 Å². The van der Waals surface area contributed by atoms with Crippen LogP contribution in [0.5, 0.6) is 0 Å². The van der Waals surface area contributed by atoms with Crippen LogP contribution in [0.2, 0.25) is 5.35 Å². The normalized spacial score (nSPS) is 10.0. The lowest BCUT2D eigenvalue weighted by Crippen LogP contribution is -1.80. The minimum Gasteiger partial charge on any atom is -0.321 e. The summed E-state index contributed by atoms with van der Waals surface area (Å²) < 4.78 is 4.51. The summed E-state index contributed by atoms with van der Waals surface area (Å²) in [5.74, 6) is 1.39. The van der Waals surface area contributed by atoms with E-state index in [1.54, 1.807) is 11.8 Å². The molecular weight excluding hydrogens is 160 g/mol. The first-order valence-corrected chi connectivity index (χ1v) is 4.07. The smallest absolute Gasteiger partial charge is 0.320 e. The lowest BCUT2D eigenvalue weighted by Gasteiger charge is -1.81. The summed E-state index contributed by atoms with van der Waals surface area (Å²) in [6, 6.07) is 0. The third-order valence-corrected chi connectivity index (χ3v) is 1.42. The van der Waals surface area contributed by atoms with Crippen LogP contribution in [0.3, 0.4) is 0 Å². The van der Waals surface area contributed by atoms with Crippen LogP contribution >= 0.6 is 23.4 Å². The Labute approximate surface area is 61.8 Å². The zero-order valence-electron chi connectivity index (χ0n) is 4.80. The molecule has 0 spiro atoms. The molecule has 0 amide bonds. The van der Waals surface area contributed by atoms with Gasteiger partial charge in [-0.2, -0.15) is 16.7 Å². The molecule has 0 unspecified atom stereocenters. The van der Waals surface area contributed by atoms with Crippen LogP contribution in [-0.4, -0.2) is 16.4 Å². The molecule has 50 valence electrons. The Bertz CT molecular complexity index is 190. The molecule has 0 N–H and O–H groups in total. The van der Waals surface area contributed by atoms with Crippen molar-refractivity contribution < 1.29 is 4.52 Å². The molecule has 0 aliphatic heterocycles. The fourth-order valence-corrected chi connectivity index (χ4v) is 0.928. The minimum absolute atomic E-state index is 0.110. The van der Waals surface area contributed by atoms with Crippen molar-refractivity contribution in [2.75, 3.05) is 6.26 Å². The molecule has 1 aromatic rings. The zero-order chi connectivity index (χ0) is 6.69. The second kappa shape index (κ2) is 3.08. The van der Waals surface area contributed by atoms with E-state index in [4.69, 9.17) is 11.6 Å². The van der Waals surface area contributed by atoms with Gasteiger partial charge in [-0.05, 0) is 17.9 Å². The van der Waals surface area contributed by atoms with Crippen molar-refractivity contribution in [3.63, 3.8) is 0 Å². The largest absolute Gasteiger partial charge is 0.321 e. The van der Waals surface area contributed by atoms with Crippen LogP contribution in [0, 0.1) is 0 Å². The molecule has 0 saturated heterocycles. The standard InChI is InChI=1S/C4H5ClN2OS/c1-9-2-3-6-4(5)8-7-3/h2H2,1H3. The van der Waals surface area contributed by atoms with E-state index in [0.717, 1.165) is 5.75 Å². The summed E-state index contributed by atoms with van der Waals surface area (Å²) in [6.07, 6.45) is 1.96. The maximum Gasteiger partial charge on any atom is 0.320 e. The molecule has 0 aliphatic carbocycles. The molecule has 3 nitrogen and oxygen atoms in total. The maximum atomic E-state index is 5.35. The highest BCUT2D eigenvalue weighted by Gasteiger charge is 1.99. The number of hydrogen-bond acceptors (Lipinski definition) is 4. The monoisotopic (exact) mass is 164 g/mol. The average Bonchev–Trinajstić information content (AvgIpc) is 2.17. The molecule has 0 aromatic carbocycles. The summed E-state index contributed by atoms with van der Waals surface area (Å²) in [6.45, 7) is 0. The Balaban J connectivity index is 2.61. The zero-order valence-corrected chi connectivity index (χ0v) is 6.37. The van der Waals surface area contributed by atoms with Crippen molar-refractivity contribution >= 4 is 23.4 Å². The Morgan fingerprint density at radius 2 is 2.56 bits per heavy atom. The van der Waals surface area contributed by atoms with Gasteiger partial charge in [0.2, 0.25) is 0 Å². The Morgan fingerprint density at radius 3 is 3.00 bits per heavy atom. The Hall–Kier alpha value is -0.220. The van der Waals surface area contributed by atoms with Crippen molar-refractivity contribution in [2.24, 2.45) is 0 Å². The topological polar surface area (TPSA) is 38.9 Å². The molecule has 0 aliphatic rings. The van der Waals surface area contributed by atoms with E-state index in [-0.39, 0.29) is 5.35 Å². The van der Waals surface area contributed by atoms with Gasteiger partial charge in [0.1, 0.15) is 0 Å². The second-order valence-corrected chi connectivity index (χ2v) is 2.59. The van der Waals surface area contributed by atoms with Crippen LogP contribution in [0.1, 0.15) is 5.82 Å². The SMILES string of the molecule is CSCc1noc(Cl)n1. The predicted molar refractivity (Wildman–Crippen MR) is 36.5 cm³/mol. The summed E-state index contributed by atoms with van der Waals surface area (Å²) in [7, 11) is 0. The second-order valence-electron chi connectivity index (χ2n) is 1.40. The number of hydrogen-bond donors (Lipinski definition) is 0. The van der Waals surface area contributed by atoms with Crippen LogP contribution in [-0.2, 0) is 5.75 Å². The molecule has 1 heterocycles. The number of thioether (sulfide) groups is 1. The molecule has 0 saturated carbocycles. The molecule has 0 fully saturated rings. The third-order valence-electron chi connectivity index (χ3n) is 0.717. The molecule has 0 bridgehead atoms. The average molecular weight is 165 g/mol. The van der Waals surface area contributed by atoms with Gasteiger partial charge in [-0.25, -0.2) is 0 Å². The lowest BCUT2D eigenvalue weighted by atomic mass is 10.7. The highest BCUT2D eigenvalue weighted by atomic mass is 35.5. The van der Waals surface area contributed by atoms with Crippen molar-refractivity contribution in [1.29, 1.82) is 0 Å². The van der Waals surface area contributed by atoms with Crippen molar-refractivity contribution in [3.05, 3.63) is 11.2 Å². The Morgan fingerprint density at radius 1 is 1.78 bits per heavy atom. The third kappa shape index (κ3) is 1.87. The van der Waals surface area contributed by atoms with Crippen LogP contribution in [0.15, 0.2) is 4.52 Å². The molecule has 1 rings (SSSR count). The maximum absolute atomic E-state index is 5.35. The van der Waals surface area contributed by atoms with Gasteiger partial charge in [0.05, 0.1) is 5.75 Å². The molecule has 1 aromatic heterocycles. The summed E-state index contributed by atoms with van der Waals surface area (Å²) in [5, 5.41) is 3.68. The van der Waals surface area contributed by atoms with Crippen molar-refractivity contribution in [1.82, 2.24) is 10.1 Å². The molecular formula is C4H5ClN2OS. The van der Waals surface area contributed by atoms with Crippen LogP contribution < -0.4 is 0 Å². The van der Waals surface area contributed by atoms with Gasteiger partial charge in [0.15, 0.2) is 5.82 Å². The van der Waals surface area contributed by atoms with E-state index in [2.05, 4.69) is 14.7 Å². The molecule has 0 atom stereocenters. The highest BCUT2D eigenvalue weighted by molar-refractivity contribution is 7.97. The van der Waals surface area contributed by atoms with Crippen LogP contribution in [0.4, 0.5) is 0 Å². The number of nitrogens with zero attached hydrogens (tertiary/aromatic N) is 2. The van der Waals surface area contributed by atoms with E-state index in [9.17, 15) is 0 Å². The van der Waals surface area contributed by atoms with Crippen molar-refractivity contribution in [2.45, 2.75) is 5.75 Å². The summed E-state index contributed by atoms with van der Waals surface area (Å²) in [5.41, 5.74) is 0. The number of rotatable bonds is 2. The quantitative estimate of drug-likeness (QED) is 0.666. The van der Waals surface area contributed by atoms with Crippen LogP contribution in [0.25, 0.3) is 0 Å². The first-order chi connectivity index (χ1) is 4.33. The molecule has 9 heavy (non-hydrogen) atoms. The first-order valence-electron chi connectivity index (χ1n) is 2.30. The highest BCUT2D eigenvalue weighted by Crippen LogP contribution is 2.07. The van der Waals surface area contributed by atoms with Gasteiger partial charge in [-0.1, -0.05) is 5.16 Å². The summed E-state index contributed by atoms with van der Waals surface area (Å²) in [4.78, 5) is 3.77. The predicted octanol–water partition coefficient (Wildman–Crippen LogP) is 1.59. The molecule has 5 heteroatoms. The van der Waals surface area contributed by atoms with E-state index >= 15 is 0 Å². The summed E-state index contributed by atoms with van der Waals surface area (Å²) >= 11 is 6.97. The van der Waals surface area contributed by atoms with E-state index in [1.165, 1.54) is 0 Å². The number of halogens is 1. The van der Waals surface area contributed by atoms with Gasteiger partial charge < -0.3 is 4.52 Å². The van der Waals surface area contributed by atoms with E-state index in [0.29, 0.717) is 5.82 Å². The van der Waals surface area contributed by atoms with Crippen molar-refractivity contribution in [3.8, 4) is 0 Å². The lowest BCUT2D eigenvalue weighted by molar-refractivity contribution is 0.414. The van der Waals surface area contributed by atoms with Gasteiger partial charge in [-0.15, -0.1) is 0 Å². The molecule has 0 radical (unpaired) electrons. The van der Waals surface area contributed by atoms with Gasteiger partial charge in [-0.3, -0.25) is 0 Å². The Kier molecular flexibility index (Phi) is 2.36. The van der Waals surface area contributed by atoms with E-state index < -0.39 is 0 Å². The first kappa shape index (κ1) is 6.89.